The second-order valence-electron chi connectivity index (χ2n) is 4.36. The van der Waals surface area contributed by atoms with Crippen LogP contribution in [0.1, 0.15) is 24.7 Å². The number of hydrogen-bond donors (Lipinski definition) is 1. The SMILES string of the molecule is CCCc1n[nH]c(=S)n1/N=C/c1cc(OC)ccc1OC. The summed E-state index contributed by atoms with van der Waals surface area (Å²) in [6.07, 6.45) is 3.46. The van der Waals surface area contributed by atoms with Crippen LogP contribution in [0.3, 0.4) is 0 Å². The molecule has 0 unspecified atom stereocenters. The van der Waals surface area contributed by atoms with E-state index in [1.165, 1.54) is 0 Å². The summed E-state index contributed by atoms with van der Waals surface area (Å²) in [5.41, 5.74) is 0.808. The van der Waals surface area contributed by atoms with E-state index in [-0.39, 0.29) is 0 Å². The van der Waals surface area contributed by atoms with Gasteiger partial charge in [-0.15, -0.1) is 0 Å². The van der Waals surface area contributed by atoms with Gasteiger partial charge in [-0.05, 0) is 36.8 Å². The lowest BCUT2D eigenvalue weighted by molar-refractivity contribution is 0.402. The Morgan fingerprint density at radius 3 is 2.86 bits per heavy atom. The van der Waals surface area contributed by atoms with E-state index in [4.69, 9.17) is 21.7 Å². The van der Waals surface area contributed by atoms with Crippen LogP contribution in [0.2, 0.25) is 0 Å². The third-order valence-electron chi connectivity index (χ3n) is 2.94. The molecule has 2 aromatic rings. The lowest BCUT2D eigenvalue weighted by Crippen LogP contribution is -1.99. The molecular weight excluding hydrogens is 288 g/mol. The highest BCUT2D eigenvalue weighted by atomic mass is 32.1. The third-order valence-corrected chi connectivity index (χ3v) is 3.20. The largest absolute Gasteiger partial charge is 0.497 e. The molecule has 6 nitrogen and oxygen atoms in total. The zero-order chi connectivity index (χ0) is 15.2. The predicted molar refractivity (Wildman–Crippen MR) is 83.9 cm³/mol. The Kier molecular flexibility index (Phi) is 5.10. The molecule has 0 saturated heterocycles. The lowest BCUT2D eigenvalue weighted by atomic mass is 10.2. The van der Waals surface area contributed by atoms with Gasteiger partial charge in [-0.25, -0.2) is 0 Å². The van der Waals surface area contributed by atoms with E-state index in [0.29, 0.717) is 10.5 Å². The molecule has 1 N–H and O–H groups in total. The van der Waals surface area contributed by atoms with Gasteiger partial charge in [-0.2, -0.15) is 14.9 Å². The van der Waals surface area contributed by atoms with E-state index in [9.17, 15) is 0 Å². The zero-order valence-corrected chi connectivity index (χ0v) is 13.1. The maximum atomic E-state index is 5.32. The average Bonchev–Trinajstić information content (AvgIpc) is 2.85. The number of H-pyrrole nitrogens is 1. The summed E-state index contributed by atoms with van der Waals surface area (Å²) in [5, 5.41) is 11.3. The van der Waals surface area contributed by atoms with Gasteiger partial charge in [0.25, 0.3) is 0 Å². The van der Waals surface area contributed by atoms with E-state index >= 15 is 0 Å². The third kappa shape index (κ3) is 3.49. The molecule has 1 aromatic heterocycles. The van der Waals surface area contributed by atoms with Gasteiger partial charge in [0.1, 0.15) is 11.5 Å². The average molecular weight is 306 g/mol. The second-order valence-corrected chi connectivity index (χ2v) is 4.75. The van der Waals surface area contributed by atoms with Crippen LogP contribution in [0.25, 0.3) is 0 Å². The summed E-state index contributed by atoms with van der Waals surface area (Å²) in [7, 11) is 3.24. The molecule has 0 spiro atoms. The molecule has 0 aliphatic heterocycles. The lowest BCUT2D eigenvalue weighted by Gasteiger charge is -2.06. The molecule has 0 saturated carbocycles. The summed E-state index contributed by atoms with van der Waals surface area (Å²) < 4.78 is 12.6. The molecule has 0 fully saturated rings. The van der Waals surface area contributed by atoms with Crippen molar-refractivity contribution >= 4 is 18.4 Å². The van der Waals surface area contributed by atoms with Crippen LogP contribution in [-0.4, -0.2) is 35.3 Å². The van der Waals surface area contributed by atoms with E-state index in [1.807, 2.05) is 18.2 Å². The van der Waals surface area contributed by atoms with Crippen molar-refractivity contribution in [3.63, 3.8) is 0 Å². The number of nitrogens with one attached hydrogen (secondary N) is 1. The minimum absolute atomic E-state index is 0.469. The van der Waals surface area contributed by atoms with Crippen LogP contribution in [0.5, 0.6) is 11.5 Å². The normalized spacial score (nSPS) is 11.0. The van der Waals surface area contributed by atoms with Crippen molar-refractivity contribution in [3.8, 4) is 11.5 Å². The molecule has 1 heterocycles. The number of methoxy groups -OCH3 is 2. The Labute approximate surface area is 128 Å². The van der Waals surface area contributed by atoms with Gasteiger partial charge >= 0.3 is 0 Å². The fourth-order valence-corrected chi connectivity index (χ4v) is 2.09. The molecule has 2 rings (SSSR count). The van der Waals surface area contributed by atoms with Crippen molar-refractivity contribution in [2.24, 2.45) is 5.10 Å². The maximum Gasteiger partial charge on any atom is 0.216 e. The molecule has 0 aliphatic carbocycles. The van der Waals surface area contributed by atoms with Crippen LogP contribution < -0.4 is 9.47 Å². The van der Waals surface area contributed by atoms with Crippen LogP contribution in [0, 0.1) is 4.77 Å². The zero-order valence-electron chi connectivity index (χ0n) is 12.3. The minimum atomic E-state index is 0.469. The molecule has 0 atom stereocenters. The van der Waals surface area contributed by atoms with Gasteiger partial charge in [-0.3, -0.25) is 5.10 Å². The van der Waals surface area contributed by atoms with Gasteiger partial charge < -0.3 is 9.47 Å². The summed E-state index contributed by atoms with van der Waals surface area (Å²) in [4.78, 5) is 0. The number of aryl methyl sites for hydroxylation is 1. The number of aromatic amines is 1. The summed E-state index contributed by atoms with van der Waals surface area (Å²) in [6.45, 7) is 2.08. The predicted octanol–water partition coefficient (Wildman–Crippen LogP) is 2.79. The van der Waals surface area contributed by atoms with Gasteiger partial charge in [0, 0.05) is 12.0 Å². The Balaban J connectivity index is 2.37. The minimum Gasteiger partial charge on any atom is -0.497 e. The Hall–Kier alpha value is -2.15. The van der Waals surface area contributed by atoms with E-state index in [1.54, 1.807) is 25.1 Å². The Bertz CT molecular complexity index is 691. The molecule has 0 amide bonds. The highest BCUT2D eigenvalue weighted by molar-refractivity contribution is 7.71. The van der Waals surface area contributed by atoms with Crippen LogP contribution in [0.4, 0.5) is 0 Å². The maximum absolute atomic E-state index is 5.32. The molecule has 0 bridgehead atoms. The fraction of sp³-hybridized carbons (Fsp3) is 0.357. The number of rotatable bonds is 6. The first-order valence-corrected chi connectivity index (χ1v) is 7.03. The highest BCUT2D eigenvalue weighted by Gasteiger charge is 2.05. The van der Waals surface area contributed by atoms with Crippen molar-refractivity contribution in [2.75, 3.05) is 14.2 Å². The van der Waals surface area contributed by atoms with Crippen molar-refractivity contribution in [3.05, 3.63) is 34.4 Å². The van der Waals surface area contributed by atoms with Crippen LogP contribution >= 0.6 is 12.2 Å². The Morgan fingerprint density at radius 1 is 1.38 bits per heavy atom. The number of ether oxygens (including phenoxy) is 2. The molecular formula is C14H18N4O2S. The fourth-order valence-electron chi connectivity index (χ4n) is 1.89. The van der Waals surface area contributed by atoms with E-state index in [0.717, 1.165) is 30.0 Å². The number of aromatic nitrogens is 3. The van der Waals surface area contributed by atoms with Crippen molar-refractivity contribution in [2.45, 2.75) is 19.8 Å². The van der Waals surface area contributed by atoms with Gasteiger partial charge in [0.2, 0.25) is 4.77 Å². The van der Waals surface area contributed by atoms with Crippen LogP contribution in [-0.2, 0) is 6.42 Å². The van der Waals surface area contributed by atoms with Crippen molar-refractivity contribution < 1.29 is 9.47 Å². The van der Waals surface area contributed by atoms with E-state index < -0.39 is 0 Å². The molecule has 0 radical (unpaired) electrons. The van der Waals surface area contributed by atoms with Gasteiger partial charge in [0.15, 0.2) is 5.82 Å². The molecule has 1 aromatic carbocycles. The topological polar surface area (TPSA) is 64.4 Å². The summed E-state index contributed by atoms with van der Waals surface area (Å²) >= 11 is 5.19. The first-order chi connectivity index (χ1) is 10.2. The van der Waals surface area contributed by atoms with E-state index in [2.05, 4.69) is 22.2 Å². The summed E-state index contributed by atoms with van der Waals surface area (Å²) in [6, 6.07) is 5.52. The summed E-state index contributed by atoms with van der Waals surface area (Å²) in [5.74, 6) is 2.26. The molecule has 21 heavy (non-hydrogen) atoms. The highest BCUT2D eigenvalue weighted by Crippen LogP contribution is 2.22. The molecule has 112 valence electrons. The van der Waals surface area contributed by atoms with Crippen molar-refractivity contribution in [1.29, 1.82) is 0 Å². The van der Waals surface area contributed by atoms with Crippen molar-refractivity contribution in [1.82, 2.24) is 14.9 Å². The van der Waals surface area contributed by atoms with Crippen LogP contribution in [0.15, 0.2) is 23.3 Å². The number of nitrogens with zero attached hydrogens (tertiary/aromatic N) is 3. The van der Waals surface area contributed by atoms with Gasteiger partial charge in [-0.1, -0.05) is 6.92 Å². The molecule has 0 aliphatic rings. The smallest absolute Gasteiger partial charge is 0.216 e. The standard InChI is InChI=1S/C14H18N4O2S/c1-4-5-13-16-17-14(21)18(13)15-9-10-8-11(19-2)6-7-12(10)20-3/h6-9H,4-5H2,1-3H3,(H,17,21)/b15-9+. The quantitative estimate of drug-likeness (QED) is 0.658. The first-order valence-electron chi connectivity index (χ1n) is 6.62. The molecule has 7 heteroatoms. The monoisotopic (exact) mass is 306 g/mol. The number of benzene rings is 1. The number of hydrogen-bond acceptors (Lipinski definition) is 5. The first kappa shape index (κ1) is 15.2. The second kappa shape index (κ2) is 7.03. The van der Waals surface area contributed by atoms with Gasteiger partial charge in [0.05, 0.1) is 20.4 Å². The Morgan fingerprint density at radius 2 is 2.19 bits per heavy atom.